The van der Waals surface area contributed by atoms with E-state index < -0.39 is 30.2 Å². The Balaban J connectivity index is 1.77. The number of ether oxygens (including phenoxy) is 4. The SMILES string of the molecule is COc1ccccc1C[C@H](O)[C@@H]1OC(C)(C)O[C@H]1[C@@H](O)Cc1ccccc1OC. The molecule has 0 aliphatic carbocycles. The van der Waals surface area contributed by atoms with Gasteiger partial charge in [-0.3, -0.25) is 0 Å². The maximum atomic E-state index is 10.9. The predicted molar refractivity (Wildman–Crippen MR) is 109 cm³/mol. The molecule has 29 heavy (non-hydrogen) atoms. The van der Waals surface area contributed by atoms with Crippen LogP contribution >= 0.6 is 0 Å². The molecule has 0 spiro atoms. The van der Waals surface area contributed by atoms with Crippen molar-refractivity contribution >= 4 is 0 Å². The second-order valence-electron chi connectivity index (χ2n) is 7.73. The van der Waals surface area contributed by atoms with Gasteiger partial charge in [-0.15, -0.1) is 0 Å². The maximum absolute atomic E-state index is 10.9. The van der Waals surface area contributed by atoms with Crippen molar-refractivity contribution in [1.82, 2.24) is 0 Å². The van der Waals surface area contributed by atoms with Crippen molar-refractivity contribution in [2.24, 2.45) is 0 Å². The lowest BCUT2D eigenvalue weighted by Crippen LogP contribution is -2.44. The van der Waals surface area contributed by atoms with E-state index in [-0.39, 0.29) is 0 Å². The second kappa shape index (κ2) is 9.13. The number of hydrogen-bond donors (Lipinski definition) is 2. The van der Waals surface area contributed by atoms with E-state index >= 15 is 0 Å². The van der Waals surface area contributed by atoms with Crippen LogP contribution in [0.3, 0.4) is 0 Å². The summed E-state index contributed by atoms with van der Waals surface area (Å²) in [6, 6.07) is 15.1. The summed E-state index contributed by atoms with van der Waals surface area (Å²) >= 11 is 0. The van der Waals surface area contributed by atoms with E-state index in [0.29, 0.717) is 24.3 Å². The first-order valence-corrected chi connectivity index (χ1v) is 9.80. The molecule has 1 aliphatic rings. The molecular weight excluding hydrogens is 372 g/mol. The minimum atomic E-state index is -0.904. The molecule has 158 valence electrons. The number of para-hydroxylation sites is 2. The van der Waals surface area contributed by atoms with Gasteiger partial charge < -0.3 is 29.2 Å². The summed E-state index contributed by atoms with van der Waals surface area (Å²) in [6.07, 6.45) is -2.45. The molecule has 3 rings (SSSR count). The van der Waals surface area contributed by atoms with Crippen molar-refractivity contribution in [2.45, 2.75) is 56.9 Å². The van der Waals surface area contributed by atoms with Crippen molar-refractivity contribution in [1.29, 1.82) is 0 Å². The molecule has 6 nitrogen and oxygen atoms in total. The monoisotopic (exact) mass is 402 g/mol. The molecule has 2 aromatic rings. The Kier molecular flexibility index (Phi) is 6.80. The zero-order valence-corrected chi connectivity index (χ0v) is 17.4. The van der Waals surface area contributed by atoms with Crippen molar-refractivity contribution in [3.05, 3.63) is 59.7 Å². The molecule has 0 radical (unpaired) electrons. The van der Waals surface area contributed by atoms with Gasteiger partial charge in [-0.2, -0.15) is 0 Å². The quantitative estimate of drug-likeness (QED) is 0.707. The largest absolute Gasteiger partial charge is 0.496 e. The number of benzene rings is 2. The average Bonchev–Trinajstić information content (AvgIpc) is 3.04. The summed E-state index contributed by atoms with van der Waals surface area (Å²) in [4.78, 5) is 0. The Bertz CT molecular complexity index is 740. The number of hydrogen-bond acceptors (Lipinski definition) is 6. The Morgan fingerprint density at radius 1 is 0.793 bits per heavy atom. The van der Waals surface area contributed by atoms with Crippen molar-refractivity contribution in [3.63, 3.8) is 0 Å². The molecule has 0 aromatic heterocycles. The lowest BCUT2D eigenvalue weighted by Gasteiger charge is -2.26. The van der Waals surface area contributed by atoms with Crippen LogP contribution in [0.1, 0.15) is 25.0 Å². The van der Waals surface area contributed by atoms with Gasteiger partial charge >= 0.3 is 0 Å². The van der Waals surface area contributed by atoms with Crippen LogP contribution in [0.4, 0.5) is 0 Å². The molecule has 0 saturated carbocycles. The van der Waals surface area contributed by atoms with Gasteiger partial charge in [-0.05, 0) is 37.1 Å². The Morgan fingerprint density at radius 3 is 1.55 bits per heavy atom. The van der Waals surface area contributed by atoms with Gasteiger partial charge in [0, 0.05) is 12.8 Å². The van der Waals surface area contributed by atoms with Crippen LogP contribution in [0, 0.1) is 0 Å². The molecular formula is C23H30O6. The summed E-state index contributed by atoms with van der Waals surface area (Å²) in [6.45, 7) is 3.57. The zero-order chi connectivity index (χ0) is 21.0. The molecule has 0 unspecified atom stereocenters. The van der Waals surface area contributed by atoms with E-state index in [2.05, 4.69) is 0 Å². The number of rotatable bonds is 8. The molecule has 1 saturated heterocycles. The highest BCUT2D eigenvalue weighted by Crippen LogP contribution is 2.35. The number of methoxy groups -OCH3 is 2. The van der Waals surface area contributed by atoms with Crippen molar-refractivity contribution in [3.8, 4) is 11.5 Å². The smallest absolute Gasteiger partial charge is 0.164 e. The van der Waals surface area contributed by atoms with E-state index in [0.717, 1.165) is 11.1 Å². The predicted octanol–water partition coefficient (Wildman–Crippen LogP) is 2.73. The number of aliphatic hydroxyl groups is 2. The first kappa shape index (κ1) is 21.6. The van der Waals surface area contributed by atoms with E-state index in [9.17, 15) is 10.2 Å². The summed E-state index contributed by atoms with van der Waals surface area (Å²) in [7, 11) is 3.20. The van der Waals surface area contributed by atoms with Crippen molar-refractivity contribution < 1.29 is 29.2 Å². The summed E-state index contributed by atoms with van der Waals surface area (Å²) < 4.78 is 22.7. The average molecular weight is 402 g/mol. The third-order valence-corrected chi connectivity index (χ3v) is 5.17. The first-order valence-electron chi connectivity index (χ1n) is 9.80. The Labute approximate surface area is 172 Å². The second-order valence-corrected chi connectivity index (χ2v) is 7.73. The molecule has 2 N–H and O–H groups in total. The summed E-state index contributed by atoms with van der Waals surface area (Å²) in [5.74, 6) is 0.505. The minimum Gasteiger partial charge on any atom is -0.496 e. The molecule has 2 aromatic carbocycles. The van der Waals surface area contributed by atoms with Crippen LogP contribution in [0.25, 0.3) is 0 Å². The van der Waals surface area contributed by atoms with Gasteiger partial charge in [0.2, 0.25) is 0 Å². The highest BCUT2D eigenvalue weighted by molar-refractivity contribution is 5.35. The lowest BCUT2D eigenvalue weighted by atomic mass is 9.94. The molecule has 1 heterocycles. The fourth-order valence-electron chi connectivity index (χ4n) is 3.84. The first-order chi connectivity index (χ1) is 13.8. The lowest BCUT2D eigenvalue weighted by molar-refractivity contribution is -0.160. The molecule has 0 bridgehead atoms. The number of aliphatic hydroxyl groups excluding tert-OH is 2. The molecule has 1 aliphatic heterocycles. The molecule has 4 atom stereocenters. The highest BCUT2D eigenvalue weighted by atomic mass is 16.8. The molecule has 1 fully saturated rings. The van der Waals surface area contributed by atoms with Gasteiger partial charge in [-0.25, -0.2) is 0 Å². The maximum Gasteiger partial charge on any atom is 0.164 e. The standard InChI is InChI=1S/C23H30O6/c1-23(2)28-21(17(24)13-15-9-5-7-11-19(15)26-3)22(29-23)18(25)14-16-10-6-8-12-20(16)27-4/h5-12,17-18,21-22,24-25H,13-14H2,1-4H3/t17-,18-,21-,22-/m0/s1. The van der Waals surface area contributed by atoms with Gasteiger partial charge in [0.05, 0.1) is 26.4 Å². The van der Waals surface area contributed by atoms with Gasteiger partial charge in [0.1, 0.15) is 23.7 Å². The third kappa shape index (κ3) is 5.08. The molecule has 0 amide bonds. The van der Waals surface area contributed by atoms with E-state index in [1.165, 1.54) is 0 Å². The Hall–Kier alpha value is -2.12. The van der Waals surface area contributed by atoms with Gasteiger partial charge in [-0.1, -0.05) is 36.4 Å². The fraction of sp³-hybridized carbons (Fsp3) is 0.478. The van der Waals surface area contributed by atoms with Gasteiger partial charge in [0.25, 0.3) is 0 Å². The highest BCUT2D eigenvalue weighted by Gasteiger charge is 2.48. The van der Waals surface area contributed by atoms with Crippen LogP contribution in [0.5, 0.6) is 11.5 Å². The molecule has 6 heteroatoms. The summed E-state index contributed by atoms with van der Waals surface area (Å²) in [5.41, 5.74) is 1.74. The fourth-order valence-corrected chi connectivity index (χ4v) is 3.84. The Morgan fingerprint density at radius 2 is 1.17 bits per heavy atom. The summed E-state index contributed by atoms with van der Waals surface area (Å²) in [5, 5.41) is 21.9. The van der Waals surface area contributed by atoms with E-state index in [4.69, 9.17) is 18.9 Å². The van der Waals surface area contributed by atoms with Crippen LogP contribution in [0.15, 0.2) is 48.5 Å². The van der Waals surface area contributed by atoms with Crippen molar-refractivity contribution in [2.75, 3.05) is 14.2 Å². The normalized spacial score (nSPS) is 22.8. The van der Waals surface area contributed by atoms with Crippen LogP contribution in [-0.4, -0.2) is 54.6 Å². The van der Waals surface area contributed by atoms with E-state index in [1.807, 2.05) is 48.5 Å². The van der Waals surface area contributed by atoms with Crippen LogP contribution in [-0.2, 0) is 22.3 Å². The van der Waals surface area contributed by atoms with E-state index in [1.54, 1.807) is 28.1 Å². The minimum absolute atomic E-state index is 0.325. The van der Waals surface area contributed by atoms with Crippen LogP contribution < -0.4 is 9.47 Å². The topological polar surface area (TPSA) is 77.4 Å². The van der Waals surface area contributed by atoms with Crippen LogP contribution in [0.2, 0.25) is 0 Å². The third-order valence-electron chi connectivity index (χ3n) is 5.17. The zero-order valence-electron chi connectivity index (χ0n) is 17.4. The van der Waals surface area contributed by atoms with Gasteiger partial charge in [0.15, 0.2) is 5.79 Å².